The van der Waals surface area contributed by atoms with E-state index in [2.05, 4.69) is 42.1 Å². The minimum atomic E-state index is -0.400. The van der Waals surface area contributed by atoms with Crippen molar-refractivity contribution in [3.05, 3.63) is 44.7 Å². The first-order valence-corrected chi connectivity index (χ1v) is 11.1. The van der Waals surface area contributed by atoms with Gasteiger partial charge in [-0.3, -0.25) is 14.0 Å². The summed E-state index contributed by atoms with van der Waals surface area (Å²) in [6.07, 6.45) is 8.79. The molecule has 2 aliphatic carbocycles. The van der Waals surface area contributed by atoms with Crippen LogP contribution in [0.1, 0.15) is 50.8 Å². The summed E-state index contributed by atoms with van der Waals surface area (Å²) in [4.78, 5) is 31.8. The van der Waals surface area contributed by atoms with E-state index < -0.39 is 10.9 Å². The molecule has 3 heterocycles. The number of rotatable bonds is 7. The number of fused-ring (bicyclic) bond motifs is 3. The third-order valence-corrected chi connectivity index (χ3v) is 7.04. The fourth-order valence-electron chi connectivity index (χ4n) is 5.12. The third kappa shape index (κ3) is 2.94. The van der Waals surface area contributed by atoms with Gasteiger partial charge >= 0.3 is 0 Å². The summed E-state index contributed by atoms with van der Waals surface area (Å²) in [5.41, 5.74) is 2.67. The van der Waals surface area contributed by atoms with Crippen molar-refractivity contribution < 1.29 is 0 Å². The second-order valence-electron chi connectivity index (χ2n) is 9.04. The summed E-state index contributed by atoms with van der Waals surface area (Å²) < 4.78 is 2.09. The molecule has 31 heavy (non-hydrogen) atoms. The second kappa shape index (κ2) is 6.90. The number of aromatic amines is 1. The zero-order chi connectivity index (χ0) is 21.1. The van der Waals surface area contributed by atoms with Crippen LogP contribution in [0.4, 0.5) is 11.4 Å². The highest BCUT2D eigenvalue weighted by Crippen LogP contribution is 2.42. The zero-order valence-electron chi connectivity index (χ0n) is 17.4. The van der Waals surface area contributed by atoms with E-state index in [1.807, 2.05) is 12.3 Å². The molecule has 2 saturated carbocycles. The second-order valence-corrected chi connectivity index (χ2v) is 9.04. The van der Waals surface area contributed by atoms with Gasteiger partial charge in [0.25, 0.3) is 10.9 Å². The molecule has 1 aromatic carbocycles. The van der Waals surface area contributed by atoms with Crippen molar-refractivity contribution in [1.82, 2.24) is 24.6 Å². The summed E-state index contributed by atoms with van der Waals surface area (Å²) >= 11 is 0. The number of hydrogen-bond donors (Lipinski definition) is 3. The Balaban J connectivity index is 1.28. The first-order chi connectivity index (χ1) is 15.1. The summed E-state index contributed by atoms with van der Waals surface area (Å²) in [7, 11) is 0. The number of hydrogen-bond acceptors (Lipinski definition) is 7. The van der Waals surface area contributed by atoms with Crippen molar-refractivity contribution in [2.45, 2.75) is 51.0 Å². The molecule has 0 amide bonds. The highest BCUT2D eigenvalue weighted by molar-refractivity contribution is 5.75. The predicted octanol–water partition coefficient (Wildman–Crippen LogP) is 2.41. The van der Waals surface area contributed by atoms with E-state index >= 15 is 0 Å². The molecule has 3 aromatic heterocycles. The zero-order valence-corrected chi connectivity index (χ0v) is 17.4. The predicted molar refractivity (Wildman–Crippen MR) is 118 cm³/mol. The number of nitrogens with one attached hydrogen (secondary N) is 3. The molecule has 9 heteroatoms. The van der Waals surface area contributed by atoms with Crippen molar-refractivity contribution in [2.75, 3.05) is 17.2 Å². The van der Waals surface area contributed by atoms with Gasteiger partial charge in [0, 0.05) is 24.7 Å². The number of aromatic nitrogens is 5. The SMILES string of the molecule is CC[C@@H]1C[C@H](Nc2c(NCC3CC3)c(=O)c2=O)C[C@@H]1c1nnc2cnc3[nH]ccc3n12. The van der Waals surface area contributed by atoms with Crippen LogP contribution in [0.5, 0.6) is 0 Å². The number of anilines is 2. The van der Waals surface area contributed by atoms with Crippen LogP contribution in [0.25, 0.3) is 16.8 Å². The Morgan fingerprint density at radius 3 is 2.81 bits per heavy atom. The molecule has 9 nitrogen and oxygen atoms in total. The first-order valence-electron chi connectivity index (χ1n) is 11.1. The Morgan fingerprint density at radius 2 is 2.00 bits per heavy atom. The fraction of sp³-hybridized carbons (Fsp3) is 0.500. The number of H-pyrrole nitrogens is 1. The van der Waals surface area contributed by atoms with Gasteiger partial charge in [-0.1, -0.05) is 13.3 Å². The Morgan fingerprint density at radius 1 is 1.16 bits per heavy atom. The average molecular weight is 419 g/mol. The monoisotopic (exact) mass is 419 g/mol. The number of nitrogens with zero attached hydrogens (tertiary/aromatic N) is 4. The van der Waals surface area contributed by atoms with Crippen LogP contribution in [-0.2, 0) is 0 Å². The van der Waals surface area contributed by atoms with Gasteiger partial charge in [0.05, 0.1) is 11.7 Å². The maximum absolute atomic E-state index is 12.2. The molecule has 6 rings (SSSR count). The van der Waals surface area contributed by atoms with Gasteiger partial charge in [-0.25, -0.2) is 4.98 Å². The van der Waals surface area contributed by atoms with Crippen LogP contribution in [0.15, 0.2) is 28.0 Å². The van der Waals surface area contributed by atoms with Crippen molar-refractivity contribution in [3.63, 3.8) is 0 Å². The topological polar surface area (TPSA) is 117 Å². The molecule has 0 aliphatic heterocycles. The maximum atomic E-state index is 12.2. The fourth-order valence-corrected chi connectivity index (χ4v) is 5.12. The van der Waals surface area contributed by atoms with Crippen LogP contribution in [0.3, 0.4) is 0 Å². The molecular weight excluding hydrogens is 394 g/mol. The molecule has 0 unspecified atom stereocenters. The van der Waals surface area contributed by atoms with E-state index in [0.717, 1.165) is 48.4 Å². The largest absolute Gasteiger partial charge is 0.380 e. The maximum Gasteiger partial charge on any atom is 0.253 e. The van der Waals surface area contributed by atoms with Gasteiger partial charge < -0.3 is 15.6 Å². The van der Waals surface area contributed by atoms with Gasteiger partial charge in [-0.05, 0) is 43.6 Å². The molecule has 0 saturated heterocycles. The Kier molecular flexibility index (Phi) is 4.12. The summed E-state index contributed by atoms with van der Waals surface area (Å²) in [6, 6.07) is 2.12. The highest BCUT2D eigenvalue weighted by Gasteiger charge is 2.38. The smallest absolute Gasteiger partial charge is 0.253 e. The molecule has 4 aromatic rings. The molecule has 2 fully saturated rings. The van der Waals surface area contributed by atoms with E-state index in [-0.39, 0.29) is 12.0 Å². The van der Waals surface area contributed by atoms with Gasteiger partial charge in [-0.15, -0.1) is 10.2 Å². The van der Waals surface area contributed by atoms with Gasteiger partial charge in [0.2, 0.25) is 0 Å². The van der Waals surface area contributed by atoms with Crippen LogP contribution in [0, 0.1) is 11.8 Å². The average Bonchev–Trinajstić information content (AvgIpc) is 3.17. The molecule has 3 N–H and O–H groups in total. The minimum Gasteiger partial charge on any atom is -0.380 e. The molecule has 160 valence electrons. The Bertz CT molecular complexity index is 1340. The summed E-state index contributed by atoms with van der Waals surface area (Å²) in [5.74, 6) is 2.21. The lowest BCUT2D eigenvalue weighted by molar-refractivity contribution is 0.451. The normalized spacial score (nSPS) is 23.8. The molecule has 0 bridgehead atoms. The summed E-state index contributed by atoms with van der Waals surface area (Å²) in [5, 5.41) is 15.5. The standard InChI is InChI=1S/C22H25N7O2/c1-2-12-7-13(26-18-17(19(30)20(18)31)24-9-11-3-4-11)8-14(12)22-28-27-16-10-25-21-15(29(16)22)5-6-23-21/h5-6,10-14,23-24,26H,2-4,7-9H2,1H3/t12-,13+,14+/m1/s1. The van der Waals surface area contributed by atoms with E-state index in [1.165, 1.54) is 12.8 Å². The van der Waals surface area contributed by atoms with Crippen molar-refractivity contribution in [1.29, 1.82) is 0 Å². The van der Waals surface area contributed by atoms with Crippen molar-refractivity contribution >= 4 is 28.2 Å². The molecule has 2 aliphatic rings. The van der Waals surface area contributed by atoms with Crippen molar-refractivity contribution in [3.8, 4) is 0 Å². The lowest BCUT2D eigenvalue weighted by Crippen LogP contribution is -2.39. The lowest BCUT2D eigenvalue weighted by atomic mass is 9.93. The van der Waals surface area contributed by atoms with E-state index in [9.17, 15) is 9.59 Å². The van der Waals surface area contributed by atoms with Crippen molar-refractivity contribution in [2.24, 2.45) is 11.8 Å². The summed E-state index contributed by atoms with van der Waals surface area (Å²) in [6.45, 7) is 2.97. The lowest BCUT2D eigenvalue weighted by Gasteiger charge is -2.19. The first kappa shape index (κ1) is 18.5. The van der Waals surface area contributed by atoms with Crippen LogP contribution in [-0.4, -0.2) is 37.2 Å². The van der Waals surface area contributed by atoms with Gasteiger partial charge in [-0.2, -0.15) is 0 Å². The molecular formula is C22H25N7O2. The van der Waals surface area contributed by atoms with Crippen LogP contribution < -0.4 is 21.5 Å². The Hall–Kier alpha value is -3.23. The highest BCUT2D eigenvalue weighted by atomic mass is 16.2. The van der Waals surface area contributed by atoms with Gasteiger partial charge in [0.15, 0.2) is 11.3 Å². The Labute approximate surface area is 178 Å². The van der Waals surface area contributed by atoms with Crippen LogP contribution in [0.2, 0.25) is 0 Å². The third-order valence-electron chi connectivity index (χ3n) is 7.04. The van der Waals surface area contributed by atoms with E-state index in [0.29, 0.717) is 23.2 Å². The molecule has 0 spiro atoms. The quantitative estimate of drug-likeness (QED) is 0.394. The van der Waals surface area contributed by atoms with Gasteiger partial charge in [0.1, 0.15) is 17.2 Å². The molecule has 0 radical (unpaired) electrons. The van der Waals surface area contributed by atoms with Crippen LogP contribution >= 0.6 is 0 Å². The van der Waals surface area contributed by atoms with E-state index in [4.69, 9.17) is 0 Å². The van der Waals surface area contributed by atoms with E-state index in [1.54, 1.807) is 6.20 Å². The molecule has 3 atom stereocenters. The minimum absolute atomic E-state index is 0.121.